The minimum absolute atomic E-state index is 0.182. The van der Waals surface area contributed by atoms with Crippen molar-refractivity contribution in [2.45, 2.75) is 70.2 Å². The predicted molar refractivity (Wildman–Crippen MR) is 112 cm³/mol. The van der Waals surface area contributed by atoms with Crippen LogP contribution in [0, 0.1) is 0 Å². The first-order chi connectivity index (χ1) is 13.9. The second kappa shape index (κ2) is 9.33. The average molecular weight is 404 g/mol. The molecule has 8 heteroatoms. The van der Waals surface area contributed by atoms with Gasteiger partial charge in [0.1, 0.15) is 18.0 Å². The molecule has 0 spiro atoms. The SMILES string of the molecule is CN=C(NCCOc1cccnc1)NC1CC2CCC(C1)N2C(=O)OC(C)(C)C. The molecule has 29 heavy (non-hydrogen) atoms. The van der Waals surface area contributed by atoms with E-state index in [9.17, 15) is 4.79 Å². The minimum atomic E-state index is -0.463. The molecule has 2 saturated heterocycles. The number of nitrogens with one attached hydrogen (secondary N) is 2. The third-order valence-electron chi connectivity index (χ3n) is 5.20. The molecular weight excluding hydrogens is 370 g/mol. The highest BCUT2D eigenvalue weighted by molar-refractivity contribution is 5.80. The number of piperidine rings is 1. The van der Waals surface area contributed by atoms with Crippen molar-refractivity contribution in [1.82, 2.24) is 20.5 Å². The highest BCUT2D eigenvalue weighted by atomic mass is 16.6. The maximum atomic E-state index is 12.6. The summed E-state index contributed by atoms with van der Waals surface area (Å²) in [5.74, 6) is 1.51. The molecule has 0 aliphatic carbocycles. The van der Waals surface area contributed by atoms with E-state index in [1.54, 1.807) is 19.4 Å². The Kier molecular flexibility index (Phi) is 6.82. The third-order valence-corrected chi connectivity index (χ3v) is 5.20. The zero-order chi connectivity index (χ0) is 20.9. The zero-order valence-electron chi connectivity index (χ0n) is 17.9. The molecule has 1 aromatic heterocycles. The second-order valence-corrected chi connectivity index (χ2v) is 8.62. The Morgan fingerprint density at radius 2 is 2.03 bits per heavy atom. The molecular formula is C21H33N5O3. The maximum absolute atomic E-state index is 12.6. The van der Waals surface area contributed by atoms with Crippen LogP contribution in [0.5, 0.6) is 5.75 Å². The molecule has 0 aromatic carbocycles. The Morgan fingerprint density at radius 1 is 1.31 bits per heavy atom. The summed E-state index contributed by atoms with van der Waals surface area (Å²) in [6.07, 6.45) is 7.11. The molecule has 2 atom stereocenters. The van der Waals surface area contributed by atoms with Crippen LogP contribution in [0.2, 0.25) is 0 Å². The number of carbonyl (C=O) groups is 1. The lowest BCUT2D eigenvalue weighted by atomic mass is 9.98. The standard InChI is InChI=1S/C21H33N5O3/c1-21(2,3)29-20(27)26-16-7-8-17(26)13-15(12-16)25-19(22-4)24-10-11-28-18-6-5-9-23-14-18/h5-6,9,14-17H,7-8,10-13H2,1-4H3,(H2,22,24,25). The van der Waals surface area contributed by atoms with Crippen LogP contribution in [-0.4, -0.2) is 65.9 Å². The van der Waals surface area contributed by atoms with Crippen LogP contribution in [0.3, 0.4) is 0 Å². The number of ether oxygens (including phenoxy) is 2. The van der Waals surface area contributed by atoms with Crippen molar-refractivity contribution < 1.29 is 14.3 Å². The Bertz CT molecular complexity index is 690. The van der Waals surface area contributed by atoms with Gasteiger partial charge in [-0.1, -0.05) is 0 Å². The van der Waals surface area contributed by atoms with E-state index in [-0.39, 0.29) is 24.2 Å². The van der Waals surface area contributed by atoms with Gasteiger partial charge in [0, 0.05) is 31.4 Å². The Morgan fingerprint density at radius 3 is 2.62 bits per heavy atom. The summed E-state index contributed by atoms with van der Waals surface area (Å²) in [5.41, 5.74) is -0.463. The van der Waals surface area contributed by atoms with Gasteiger partial charge in [0.25, 0.3) is 0 Å². The van der Waals surface area contributed by atoms with E-state index in [2.05, 4.69) is 20.6 Å². The third kappa shape index (κ3) is 5.98. The molecule has 2 fully saturated rings. The van der Waals surface area contributed by atoms with Crippen molar-refractivity contribution in [2.75, 3.05) is 20.2 Å². The zero-order valence-corrected chi connectivity index (χ0v) is 17.9. The summed E-state index contributed by atoms with van der Waals surface area (Å²) in [7, 11) is 1.77. The van der Waals surface area contributed by atoms with E-state index < -0.39 is 5.60 Å². The van der Waals surface area contributed by atoms with Gasteiger partial charge in [0.15, 0.2) is 5.96 Å². The Labute approximate surface area is 173 Å². The van der Waals surface area contributed by atoms with Crippen molar-refractivity contribution in [3.05, 3.63) is 24.5 Å². The molecule has 2 aliphatic heterocycles. The number of aliphatic imine (C=N–C) groups is 1. The van der Waals surface area contributed by atoms with Gasteiger partial charge >= 0.3 is 6.09 Å². The topological polar surface area (TPSA) is 88.1 Å². The van der Waals surface area contributed by atoms with Crippen molar-refractivity contribution in [1.29, 1.82) is 0 Å². The molecule has 3 rings (SSSR count). The van der Waals surface area contributed by atoms with Crippen LogP contribution >= 0.6 is 0 Å². The quantitative estimate of drug-likeness (QED) is 0.446. The summed E-state index contributed by atoms with van der Waals surface area (Å²) < 4.78 is 11.3. The fraction of sp³-hybridized carbons (Fsp3) is 0.667. The molecule has 2 N–H and O–H groups in total. The predicted octanol–water partition coefficient (Wildman–Crippen LogP) is 2.56. The van der Waals surface area contributed by atoms with Crippen LogP contribution in [0.25, 0.3) is 0 Å². The summed E-state index contributed by atoms with van der Waals surface area (Å²) in [4.78, 5) is 22.9. The maximum Gasteiger partial charge on any atom is 0.410 e. The Hall–Kier alpha value is -2.51. The number of carbonyl (C=O) groups excluding carboxylic acids is 1. The van der Waals surface area contributed by atoms with Crippen molar-refractivity contribution >= 4 is 12.1 Å². The smallest absolute Gasteiger partial charge is 0.410 e. The first-order valence-electron chi connectivity index (χ1n) is 10.4. The molecule has 3 heterocycles. The average Bonchev–Trinajstić information content (AvgIpc) is 2.95. The van der Waals surface area contributed by atoms with Crippen LogP contribution in [-0.2, 0) is 4.74 Å². The number of hydrogen-bond acceptors (Lipinski definition) is 5. The molecule has 160 valence electrons. The summed E-state index contributed by atoms with van der Waals surface area (Å²) >= 11 is 0. The summed E-state index contributed by atoms with van der Waals surface area (Å²) in [6, 6.07) is 4.48. The van der Waals surface area contributed by atoms with E-state index in [4.69, 9.17) is 9.47 Å². The minimum Gasteiger partial charge on any atom is -0.490 e. The van der Waals surface area contributed by atoms with Crippen LogP contribution in [0.1, 0.15) is 46.5 Å². The van der Waals surface area contributed by atoms with Crippen LogP contribution < -0.4 is 15.4 Å². The molecule has 1 aromatic rings. The lowest BCUT2D eigenvalue weighted by Crippen LogP contribution is -2.55. The van der Waals surface area contributed by atoms with Gasteiger partial charge in [-0.2, -0.15) is 0 Å². The van der Waals surface area contributed by atoms with Gasteiger partial charge < -0.3 is 25.0 Å². The van der Waals surface area contributed by atoms with Gasteiger partial charge in [-0.15, -0.1) is 0 Å². The lowest BCUT2D eigenvalue weighted by Gasteiger charge is -2.40. The highest BCUT2D eigenvalue weighted by Gasteiger charge is 2.45. The first-order valence-corrected chi connectivity index (χ1v) is 10.4. The van der Waals surface area contributed by atoms with E-state index in [1.807, 2.05) is 37.8 Å². The van der Waals surface area contributed by atoms with Crippen molar-refractivity contribution in [3.63, 3.8) is 0 Å². The molecule has 2 unspecified atom stereocenters. The number of nitrogens with zero attached hydrogens (tertiary/aromatic N) is 3. The van der Waals surface area contributed by atoms with Gasteiger partial charge in [-0.25, -0.2) is 4.79 Å². The van der Waals surface area contributed by atoms with Gasteiger partial charge in [-0.05, 0) is 58.6 Å². The number of pyridine rings is 1. The Balaban J connectivity index is 1.44. The van der Waals surface area contributed by atoms with Crippen molar-refractivity contribution in [3.8, 4) is 5.75 Å². The summed E-state index contributed by atoms with van der Waals surface area (Å²) in [5, 5.41) is 6.80. The fourth-order valence-electron chi connectivity index (χ4n) is 4.07. The van der Waals surface area contributed by atoms with E-state index >= 15 is 0 Å². The van der Waals surface area contributed by atoms with E-state index in [1.165, 1.54) is 0 Å². The number of amides is 1. The molecule has 0 saturated carbocycles. The van der Waals surface area contributed by atoms with Gasteiger partial charge in [0.05, 0.1) is 12.7 Å². The fourth-order valence-corrected chi connectivity index (χ4v) is 4.07. The normalized spacial score (nSPS) is 24.2. The van der Waals surface area contributed by atoms with Crippen LogP contribution in [0.15, 0.2) is 29.5 Å². The lowest BCUT2D eigenvalue weighted by molar-refractivity contribution is 0.00544. The number of rotatable bonds is 5. The molecule has 8 nitrogen and oxygen atoms in total. The monoisotopic (exact) mass is 403 g/mol. The molecule has 2 aliphatic rings. The molecule has 2 bridgehead atoms. The number of guanidine groups is 1. The van der Waals surface area contributed by atoms with Crippen LogP contribution in [0.4, 0.5) is 4.79 Å². The highest BCUT2D eigenvalue weighted by Crippen LogP contribution is 2.36. The molecule has 1 amide bonds. The largest absolute Gasteiger partial charge is 0.490 e. The number of aromatic nitrogens is 1. The second-order valence-electron chi connectivity index (χ2n) is 8.62. The molecule has 0 radical (unpaired) electrons. The number of fused-ring (bicyclic) bond motifs is 2. The number of hydrogen-bond donors (Lipinski definition) is 2. The first kappa shape index (κ1) is 21.2. The van der Waals surface area contributed by atoms with Crippen molar-refractivity contribution in [2.24, 2.45) is 4.99 Å². The van der Waals surface area contributed by atoms with E-state index in [0.29, 0.717) is 13.2 Å². The van der Waals surface area contributed by atoms with Gasteiger partial charge in [-0.3, -0.25) is 9.98 Å². The van der Waals surface area contributed by atoms with E-state index in [0.717, 1.165) is 37.4 Å². The van der Waals surface area contributed by atoms with Gasteiger partial charge in [0.2, 0.25) is 0 Å². The summed E-state index contributed by atoms with van der Waals surface area (Å²) in [6.45, 7) is 6.89.